The number of rotatable bonds is 5. The van der Waals surface area contributed by atoms with Crippen molar-refractivity contribution in [3.8, 4) is 0 Å². The molecule has 4 atom stereocenters. The van der Waals surface area contributed by atoms with Crippen LogP contribution in [0.2, 0.25) is 5.02 Å². The average Bonchev–Trinajstić information content (AvgIpc) is 3.25. The third-order valence-corrected chi connectivity index (χ3v) is 6.80. The number of anilines is 1. The summed E-state index contributed by atoms with van der Waals surface area (Å²) in [5.74, 6) is -2.27. The number of hydrogen-bond donors (Lipinski definition) is 2. The third kappa shape index (κ3) is 4.94. The number of pyridine rings is 1. The molecule has 1 aliphatic heterocycles. The minimum atomic E-state index is -1.48. The van der Waals surface area contributed by atoms with Crippen molar-refractivity contribution in [3.63, 3.8) is 0 Å². The number of aromatic carboxylic acids is 1. The molecule has 2 aliphatic rings. The Balaban J connectivity index is 1.67. The molecule has 2 aromatic rings. The van der Waals surface area contributed by atoms with Crippen molar-refractivity contribution in [2.45, 2.75) is 64.4 Å². The zero-order valence-electron chi connectivity index (χ0n) is 19.9. The number of carbonyl (C=O) groups is 2. The first kappa shape index (κ1) is 25.2. The van der Waals surface area contributed by atoms with E-state index in [1.54, 1.807) is 25.7 Å². The Morgan fingerprint density at radius 2 is 2.00 bits per heavy atom. The highest BCUT2D eigenvalue weighted by Crippen LogP contribution is 2.44. The van der Waals surface area contributed by atoms with Crippen LogP contribution in [-0.2, 0) is 4.74 Å². The van der Waals surface area contributed by atoms with Crippen molar-refractivity contribution >= 4 is 40.3 Å². The number of nitrogens with zero attached hydrogens (tertiary/aromatic N) is 2. The molecule has 1 amide bonds. The summed E-state index contributed by atoms with van der Waals surface area (Å²) in [7, 11) is 0. The Hall–Kier alpha value is -2.88. The summed E-state index contributed by atoms with van der Waals surface area (Å²) < 4.78 is 35.9. The quantitative estimate of drug-likeness (QED) is 0.612. The topological polar surface area (TPSA) is 101 Å². The molecule has 1 aromatic heterocycles. The first-order valence-electron chi connectivity index (χ1n) is 11.5. The van der Waals surface area contributed by atoms with Crippen LogP contribution in [-0.4, -0.2) is 52.6 Å². The lowest BCUT2D eigenvalue weighted by Crippen LogP contribution is -2.42. The van der Waals surface area contributed by atoms with Crippen LogP contribution in [0.1, 0.15) is 56.9 Å². The third-order valence-electron chi connectivity index (χ3n) is 6.45. The van der Waals surface area contributed by atoms with Gasteiger partial charge in [0, 0.05) is 31.7 Å². The van der Waals surface area contributed by atoms with Crippen LogP contribution in [0, 0.1) is 11.7 Å². The number of aromatic nitrogens is 1. The molecule has 2 heterocycles. The lowest BCUT2D eigenvalue weighted by Gasteiger charge is -2.26. The van der Waals surface area contributed by atoms with Crippen LogP contribution in [0.5, 0.6) is 0 Å². The molecule has 1 aromatic carbocycles. The van der Waals surface area contributed by atoms with Crippen LogP contribution < -0.4 is 15.6 Å². The number of benzene rings is 1. The number of amides is 1. The molecule has 190 valence electrons. The van der Waals surface area contributed by atoms with Gasteiger partial charge in [0.05, 0.1) is 27.7 Å². The maximum absolute atomic E-state index is 15.3. The minimum absolute atomic E-state index is 0.0242. The zero-order valence-corrected chi connectivity index (χ0v) is 20.7. The van der Waals surface area contributed by atoms with Crippen LogP contribution in [0.3, 0.4) is 0 Å². The molecule has 35 heavy (non-hydrogen) atoms. The van der Waals surface area contributed by atoms with Crippen molar-refractivity contribution < 1.29 is 28.2 Å². The second-order valence-electron chi connectivity index (χ2n) is 10.3. The summed E-state index contributed by atoms with van der Waals surface area (Å²) in [5.41, 5.74) is -1.89. The normalized spacial score (nSPS) is 22.8. The van der Waals surface area contributed by atoms with Crippen LogP contribution in [0.25, 0.3) is 10.9 Å². The molecule has 4 unspecified atom stereocenters. The summed E-state index contributed by atoms with van der Waals surface area (Å²) >= 11 is 6.64. The molecule has 1 saturated heterocycles. The summed E-state index contributed by atoms with van der Waals surface area (Å²) in [6.07, 6.45) is 0.138. The van der Waals surface area contributed by atoms with Crippen molar-refractivity contribution in [2.75, 3.05) is 18.0 Å². The second-order valence-corrected chi connectivity index (χ2v) is 10.6. The smallest absolute Gasteiger partial charge is 0.407 e. The predicted molar refractivity (Wildman–Crippen MR) is 128 cm³/mol. The summed E-state index contributed by atoms with van der Waals surface area (Å²) in [5, 5.41) is 12.0. The van der Waals surface area contributed by atoms with E-state index < -0.39 is 46.7 Å². The van der Waals surface area contributed by atoms with E-state index in [0.29, 0.717) is 19.5 Å². The molecule has 11 heteroatoms. The Kier molecular flexibility index (Phi) is 6.46. The first-order valence-corrected chi connectivity index (χ1v) is 11.8. The van der Waals surface area contributed by atoms with E-state index in [4.69, 9.17) is 16.3 Å². The van der Waals surface area contributed by atoms with E-state index in [2.05, 4.69) is 5.32 Å². The highest BCUT2D eigenvalue weighted by atomic mass is 35.5. The van der Waals surface area contributed by atoms with Crippen LogP contribution in [0.15, 0.2) is 17.1 Å². The molecule has 1 aliphatic carbocycles. The molecule has 1 saturated carbocycles. The first-order chi connectivity index (χ1) is 16.3. The summed E-state index contributed by atoms with van der Waals surface area (Å²) in [6, 6.07) is 0.0521. The van der Waals surface area contributed by atoms with E-state index in [1.165, 1.54) is 4.57 Å². The number of carboxylic acids is 1. The number of fused-ring (bicyclic) bond motifs is 1. The van der Waals surface area contributed by atoms with E-state index in [9.17, 15) is 23.9 Å². The lowest BCUT2D eigenvalue weighted by atomic mass is 10.0. The van der Waals surface area contributed by atoms with E-state index in [1.807, 2.05) is 6.92 Å². The van der Waals surface area contributed by atoms with E-state index in [-0.39, 0.29) is 40.0 Å². The van der Waals surface area contributed by atoms with Gasteiger partial charge >= 0.3 is 12.1 Å². The van der Waals surface area contributed by atoms with Crippen LogP contribution >= 0.6 is 11.6 Å². The van der Waals surface area contributed by atoms with Gasteiger partial charge in [0.25, 0.3) is 0 Å². The van der Waals surface area contributed by atoms with Crippen molar-refractivity contribution in [3.05, 3.63) is 38.9 Å². The molecule has 2 N–H and O–H groups in total. The molecule has 8 nitrogen and oxygen atoms in total. The fraction of sp³-hybridized carbons (Fsp3) is 0.542. The Morgan fingerprint density at radius 1 is 1.34 bits per heavy atom. The summed E-state index contributed by atoms with van der Waals surface area (Å²) in [4.78, 5) is 38.2. The Labute approximate surface area is 205 Å². The number of alkyl carbamates (subject to hydrolysis) is 1. The molecule has 0 spiro atoms. The van der Waals surface area contributed by atoms with Crippen molar-refractivity contribution in [1.82, 2.24) is 9.88 Å². The van der Waals surface area contributed by atoms with Gasteiger partial charge in [0.2, 0.25) is 5.43 Å². The molecule has 0 bridgehead atoms. The van der Waals surface area contributed by atoms with E-state index >= 15 is 4.39 Å². The SMILES string of the molecule is CC(NC(=O)OC(C)(C)C)C1CCN(c2c(F)cc3c(=O)c(C(=O)O)cn(C4CC4F)c3c2Cl)C1. The lowest BCUT2D eigenvalue weighted by molar-refractivity contribution is 0.0494. The Morgan fingerprint density at radius 3 is 2.57 bits per heavy atom. The number of carbonyl (C=O) groups excluding carboxylic acids is 1. The van der Waals surface area contributed by atoms with Gasteiger partial charge in [-0.1, -0.05) is 11.6 Å². The predicted octanol–water partition coefficient (Wildman–Crippen LogP) is 4.51. The van der Waals surface area contributed by atoms with Crippen molar-refractivity contribution in [2.24, 2.45) is 5.92 Å². The fourth-order valence-electron chi connectivity index (χ4n) is 4.59. The molecule has 2 fully saturated rings. The largest absolute Gasteiger partial charge is 0.477 e. The molecule has 4 rings (SSSR count). The summed E-state index contributed by atoms with van der Waals surface area (Å²) in [6.45, 7) is 7.97. The maximum Gasteiger partial charge on any atom is 0.407 e. The van der Waals surface area contributed by atoms with Gasteiger partial charge in [-0.05, 0) is 46.1 Å². The van der Waals surface area contributed by atoms with Gasteiger partial charge in [-0.3, -0.25) is 4.79 Å². The highest BCUT2D eigenvalue weighted by molar-refractivity contribution is 6.38. The van der Waals surface area contributed by atoms with Gasteiger partial charge in [-0.2, -0.15) is 0 Å². The molecule has 0 radical (unpaired) electrons. The second kappa shape index (κ2) is 8.96. The minimum Gasteiger partial charge on any atom is -0.477 e. The maximum atomic E-state index is 15.3. The standard InChI is InChI=1S/C24H28ClF2N3O5/c1-11(28-23(34)35-24(2,3)4)12-5-6-29(9-12)20-16(27)7-13-19(18(20)25)30(17-8-15(17)26)10-14(21(13)31)22(32)33/h7,10-12,15,17H,5-6,8-9H2,1-4H3,(H,28,34)(H,32,33). The van der Waals surface area contributed by atoms with Gasteiger partial charge < -0.3 is 24.6 Å². The number of ether oxygens (including phenoxy) is 1. The number of nitrogens with one attached hydrogen (secondary N) is 1. The number of hydrogen-bond acceptors (Lipinski definition) is 5. The highest BCUT2D eigenvalue weighted by Gasteiger charge is 2.41. The zero-order chi connectivity index (χ0) is 25.8. The molecular weight excluding hydrogens is 484 g/mol. The number of carboxylic acid groups (broad SMARTS) is 1. The van der Waals surface area contributed by atoms with Gasteiger partial charge in [-0.25, -0.2) is 18.4 Å². The van der Waals surface area contributed by atoms with Gasteiger partial charge in [0.1, 0.15) is 23.2 Å². The van der Waals surface area contributed by atoms with Crippen LogP contribution in [0.4, 0.5) is 19.3 Å². The fourth-order valence-corrected chi connectivity index (χ4v) is 4.99. The average molecular weight is 512 g/mol. The van der Waals surface area contributed by atoms with Crippen molar-refractivity contribution in [1.29, 1.82) is 0 Å². The van der Waals surface area contributed by atoms with Gasteiger partial charge in [0.15, 0.2) is 0 Å². The molecular formula is C24H28ClF2N3O5. The Bertz CT molecular complexity index is 1260. The van der Waals surface area contributed by atoms with Gasteiger partial charge in [-0.15, -0.1) is 0 Å². The number of halogens is 3. The number of alkyl halides is 1. The van der Waals surface area contributed by atoms with E-state index in [0.717, 1.165) is 12.3 Å². The monoisotopic (exact) mass is 511 g/mol.